The average molecular weight is 703 g/mol. The van der Waals surface area contributed by atoms with Crippen LogP contribution in [0.15, 0.2) is 162 Å². The maximum absolute atomic E-state index is 6.66. The van der Waals surface area contributed by atoms with E-state index in [0.717, 1.165) is 16.6 Å². The summed E-state index contributed by atoms with van der Waals surface area (Å²) in [7, 11) is 0. The predicted molar refractivity (Wildman–Crippen MR) is 232 cm³/mol. The number of benzene rings is 9. The van der Waals surface area contributed by atoms with Crippen LogP contribution >= 0.6 is 0 Å². The first-order valence-electron chi connectivity index (χ1n) is 19.5. The Balaban J connectivity index is 1.08. The highest BCUT2D eigenvalue weighted by Gasteiger charge is 2.39. The van der Waals surface area contributed by atoms with Crippen molar-refractivity contribution in [3.63, 3.8) is 0 Å². The minimum Gasteiger partial charge on any atom is -0.455 e. The lowest BCUT2D eigenvalue weighted by atomic mass is 9.79. The number of rotatable bonds is 2. The van der Waals surface area contributed by atoms with Crippen molar-refractivity contribution in [1.82, 2.24) is 0 Å². The van der Waals surface area contributed by atoms with Gasteiger partial charge in [-0.25, -0.2) is 0 Å². The highest BCUT2D eigenvalue weighted by Crippen LogP contribution is 2.56. The molecule has 0 radical (unpaired) electrons. The molecule has 10 aromatic rings. The first kappa shape index (κ1) is 31.0. The average Bonchev–Trinajstić information content (AvgIpc) is 3.79. The van der Waals surface area contributed by atoms with Gasteiger partial charge in [0.25, 0.3) is 0 Å². The third-order valence-electron chi connectivity index (χ3n) is 13.3. The van der Waals surface area contributed by atoms with E-state index in [1.54, 1.807) is 0 Å². The molecule has 0 unspecified atom stereocenters. The summed E-state index contributed by atoms with van der Waals surface area (Å²) in [6.07, 6.45) is 0. The molecule has 1 nitrogen and oxygen atoms in total. The second-order valence-corrected chi connectivity index (χ2v) is 16.8. The lowest BCUT2D eigenvalue weighted by molar-refractivity contribution is 0.657. The summed E-state index contributed by atoms with van der Waals surface area (Å²) >= 11 is 0. The molecule has 0 amide bonds. The monoisotopic (exact) mass is 702 g/mol. The third kappa shape index (κ3) is 3.98. The van der Waals surface area contributed by atoms with Gasteiger partial charge >= 0.3 is 0 Å². The predicted octanol–water partition coefficient (Wildman–Crippen LogP) is 15.0. The number of hydrogen-bond acceptors (Lipinski definition) is 1. The standard InChI is InChI=1S/C54H38O/c1-53(2)43-20-12-11-15-35(43)36-24-22-32(29-45(36)53)48-37-16-7-9-18-39(37)49(40-19-10-8-17-38(40)48)33-23-25-41-46(30-33)54(3,4)44-27-28-47-51(50(41)44)42-26-21-31-13-5-6-14-34(31)52(42)55-47/h5-30H,1-4H3. The van der Waals surface area contributed by atoms with Gasteiger partial charge in [0.05, 0.1) is 0 Å². The van der Waals surface area contributed by atoms with Gasteiger partial charge in [-0.15, -0.1) is 0 Å². The van der Waals surface area contributed by atoms with Crippen LogP contribution in [0.4, 0.5) is 0 Å². The molecule has 2 aliphatic carbocycles. The Labute approximate surface area is 320 Å². The van der Waals surface area contributed by atoms with Crippen LogP contribution in [0.2, 0.25) is 0 Å². The Morgan fingerprint density at radius 3 is 1.56 bits per heavy atom. The van der Waals surface area contributed by atoms with Gasteiger partial charge in [-0.05, 0) is 118 Å². The number of furan rings is 1. The van der Waals surface area contributed by atoms with Gasteiger partial charge in [-0.3, -0.25) is 0 Å². The minimum atomic E-state index is -0.185. The van der Waals surface area contributed by atoms with E-state index < -0.39 is 0 Å². The molecule has 55 heavy (non-hydrogen) atoms. The summed E-state index contributed by atoms with van der Waals surface area (Å²) in [4.78, 5) is 0. The lowest BCUT2D eigenvalue weighted by Crippen LogP contribution is -2.15. The molecule has 1 heterocycles. The molecular formula is C54H38O. The van der Waals surface area contributed by atoms with Crippen molar-refractivity contribution in [2.24, 2.45) is 0 Å². The molecule has 0 saturated carbocycles. The van der Waals surface area contributed by atoms with Crippen molar-refractivity contribution in [1.29, 1.82) is 0 Å². The fourth-order valence-corrected chi connectivity index (χ4v) is 10.6. The molecule has 1 heteroatoms. The zero-order chi connectivity index (χ0) is 36.8. The quantitative estimate of drug-likeness (QED) is 0.163. The first-order chi connectivity index (χ1) is 26.8. The summed E-state index contributed by atoms with van der Waals surface area (Å²) in [6.45, 7) is 9.52. The molecule has 12 rings (SSSR count). The molecular weight excluding hydrogens is 665 g/mol. The van der Waals surface area contributed by atoms with E-state index in [2.05, 4.69) is 185 Å². The molecule has 1 aromatic heterocycles. The van der Waals surface area contributed by atoms with Crippen LogP contribution in [-0.2, 0) is 10.8 Å². The maximum atomic E-state index is 6.66. The Bertz CT molecular complexity index is 3260. The van der Waals surface area contributed by atoms with Gasteiger partial charge in [0, 0.05) is 27.0 Å². The van der Waals surface area contributed by atoms with Crippen molar-refractivity contribution < 1.29 is 4.42 Å². The van der Waals surface area contributed by atoms with Gasteiger partial charge in [0.2, 0.25) is 0 Å². The fourth-order valence-electron chi connectivity index (χ4n) is 10.6. The van der Waals surface area contributed by atoms with Gasteiger partial charge in [0.15, 0.2) is 0 Å². The number of fused-ring (bicyclic) bond motifs is 14. The Morgan fingerprint density at radius 1 is 0.364 bits per heavy atom. The zero-order valence-electron chi connectivity index (χ0n) is 31.4. The van der Waals surface area contributed by atoms with Crippen molar-refractivity contribution in [2.45, 2.75) is 38.5 Å². The Morgan fingerprint density at radius 2 is 0.891 bits per heavy atom. The second-order valence-electron chi connectivity index (χ2n) is 16.8. The molecule has 0 aliphatic heterocycles. The summed E-state index contributed by atoms with van der Waals surface area (Å²) in [5.41, 5.74) is 17.6. The van der Waals surface area contributed by atoms with Crippen LogP contribution in [0.5, 0.6) is 0 Å². The lowest BCUT2D eigenvalue weighted by Gasteiger charge is -2.24. The molecule has 0 bridgehead atoms. The van der Waals surface area contributed by atoms with E-state index in [1.165, 1.54) is 104 Å². The Kier molecular flexibility index (Phi) is 5.98. The van der Waals surface area contributed by atoms with Crippen molar-refractivity contribution in [2.75, 3.05) is 0 Å². The minimum absolute atomic E-state index is 0.0651. The van der Waals surface area contributed by atoms with Gasteiger partial charge in [0.1, 0.15) is 11.2 Å². The van der Waals surface area contributed by atoms with Crippen molar-refractivity contribution >= 4 is 54.3 Å². The fraction of sp³-hybridized carbons (Fsp3) is 0.111. The molecule has 2 aliphatic rings. The largest absolute Gasteiger partial charge is 0.455 e. The van der Waals surface area contributed by atoms with Gasteiger partial charge < -0.3 is 4.42 Å². The molecule has 0 N–H and O–H groups in total. The van der Waals surface area contributed by atoms with Gasteiger partial charge in [-0.2, -0.15) is 0 Å². The maximum Gasteiger partial charge on any atom is 0.143 e. The van der Waals surface area contributed by atoms with Crippen LogP contribution in [0, 0.1) is 0 Å². The van der Waals surface area contributed by atoms with E-state index in [0.29, 0.717) is 0 Å². The normalized spacial score (nSPS) is 14.8. The van der Waals surface area contributed by atoms with Crippen LogP contribution in [0.3, 0.4) is 0 Å². The summed E-state index contributed by atoms with van der Waals surface area (Å²) in [5, 5.41) is 9.90. The Hall–Kier alpha value is -6.44. The topological polar surface area (TPSA) is 13.1 Å². The smallest absolute Gasteiger partial charge is 0.143 e. The van der Waals surface area contributed by atoms with Crippen molar-refractivity contribution in [3.05, 3.63) is 180 Å². The van der Waals surface area contributed by atoms with E-state index >= 15 is 0 Å². The van der Waals surface area contributed by atoms with Crippen LogP contribution in [0.25, 0.3) is 98.8 Å². The molecule has 9 aromatic carbocycles. The second kappa shape index (κ2) is 10.6. The summed E-state index contributed by atoms with van der Waals surface area (Å²) in [5.74, 6) is 0. The van der Waals surface area contributed by atoms with Crippen molar-refractivity contribution in [3.8, 4) is 44.5 Å². The third-order valence-corrected chi connectivity index (χ3v) is 13.3. The van der Waals surface area contributed by atoms with E-state index in [1.807, 2.05) is 0 Å². The molecule has 260 valence electrons. The number of hydrogen-bond donors (Lipinski definition) is 0. The molecule has 0 spiro atoms. The zero-order valence-corrected chi connectivity index (χ0v) is 31.4. The van der Waals surface area contributed by atoms with Gasteiger partial charge in [-0.1, -0.05) is 161 Å². The van der Waals surface area contributed by atoms with E-state index in [-0.39, 0.29) is 10.8 Å². The highest BCUT2D eigenvalue weighted by molar-refractivity contribution is 6.23. The first-order valence-corrected chi connectivity index (χ1v) is 19.5. The van der Waals surface area contributed by atoms with Crippen LogP contribution in [0.1, 0.15) is 49.9 Å². The molecule has 0 fully saturated rings. The molecule has 0 atom stereocenters. The SMILES string of the molecule is CC1(C)c2ccccc2-c2ccc(-c3c4ccccc4c(-c4ccc5c(c4)C(C)(C)c4ccc6oc7c8ccccc8ccc7c6c4-5)c4ccccc34)cc21. The highest BCUT2D eigenvalue weighted by atomic mass is 16.3. The van der Waals surface area contributed by atoms with Crippen LogP contribution < -0.4 is 0 Å². The molecule has 0 saturated heterocycles. The van der Waals surface area contributed by atoms with E-state index in [9.17, 15) is 0 Å². The van der Waals surface area contributed by atoms with Crippen LogP contribution in [-0.4, -0.2) is 0 Å². The summed E-state index contributed by atoms with van der Waals surface area (Å²) < 4.78 is 6.66. The summed E-state index contributed by atoms with van der Waals surface area (Å²) in [6, 6.07) is 58.9. The van der Waals surface area contributed by atoms with E-state index in [4.69, 9.17) is 4.42 Å².